The Labute approximate surface area is 172 Å². The Morgan fingerprint density at radius 3 is 1.79 bits per heavy atom. The van der Waals surface area contributed by atoms with Gasteiger partial charge in [0, 0.05) is 10.5 Å². The highest BCUT2D eigenvalue weighted by Crippen LogP contribution is 2.48. The molecule has 1 aliphatic heterocycles. The number of hydrogen-bond acceptors (Lipinski definition) is 5. The van der Waals surface area contributed by atoms with Gasteiger partial charge >= 0.3 is 5.97 Å². The van der Waals surface area contributed by atoms with E-state index in [1.165, 1.54) is 7.11 Å². The van der Waals surface area contributed by atoms with Crippen LogP contribution in [-0.4, -0.2) is 29.8 Å². The van der Waals surface area contributed by atoms with Crippen molar-refractivity contribution in [3.63, 3.8) is 0 Å². The molecule has 4 rings (SSSR count). The van der Waals surface area contributed by atoms with Gasteiger partial charge in [-0.1, -0.05) is 72.4 Å². The Bertz CT molecular complexity index is 1050. The summed E-state index contributed by atoms with van der Waals surface area (Å²) in [5.41, 5.74) is 1.03. The van der Waals surface area contributed by atoms with Gasteiger partial charge in [0.1, 0.15) is 0 Å². The zero-order valence-electron chi connectivity index (χ0n) is 15.6. The van der Waals surface area contributed by atoms with Crippen LogP contribution < -0.4 is 0 Å². The van der Waals surface area contributed by atoms with Crippen LogP contribution in [0.2, 0.25) is 0 Å². The van der Waals surface area contributed by atoms with E-state index in [2.05, 4.69) is 0 Å². The third-order valence-corrected chi connectivity index (χ3v) is 6.13. The molecule has 6 heteroatoms. The summed E-state index contributed by atoms with van der Waals surface area (Å²) in [6.45, 7) is 0. The van der Waals surface area contributed by atoms with Gasteiger partial charge in [-0.25, -0.2) is 9.69 Å². The number of esters is 1. The first kappa shape index (κ1) is 19.0. The van der Waals surface area contributed by atoms with Gasteiger partial charge in [0.2, 0.25) is 4.87 Å². The summed E-state index contributed by atoms with van der Waals surface area (Å²) >= 11 is 1.11. The highest BCUT2D eigenvalue weighted by Gasteiger charge is 2.56. The Morgan fingerprint density at radius 1 is 0.793 bits per heavy atom. The lowest BCUT2D eigenvalue weighted by molar-refractivity contribution is -0.147. The smallest absolute Gasteiger partial charge is 0.348 e. The van der Waals surface area contributed by atoms with Gasteiger partial charge in [0.25, 0.3) is 11.8 Å². The van der Waals surface area contributed by atoms with E-state index >= 15 is 0 Å². The maximum Gasteiger partial charge on any atom is 0.348 e. The van der Waals surface area contributed by atoms with Gasteiger partial charge < -0.3 is 4.74 Å². The van der Waals surface area contributed by atoms with Crippen molar-refractivity contribution in [3.05, 3.63) is 102 Å². The number of ether oxygens (including phenoxy) is 1. The predicted octanol–water partition coefficient (Wildman–Crippen LogP) is 4.10. The van der Waals surface area contributed by atoms with Crippen molar-refractivity contribution in [2.75, 3.05) is 7.11 Å². The monoisotopic (exact) mass is 403 g/mol. The molecule has 0 unspecified atom stereocenters. The molecule has 3 aromatic rings. The fraction of sp³-hybridized carbons (Fsp3) is 0.0870. The molecule has 144 valence electrons. The first-order chi connectivity index (χ1) is 14.1. The molecule has 0 fully saturated rings. The summed E-state index contributed by atoms with van der Waals surface area (Å²) in [6, 6.07) is 24.5. The number of hydrogen-bond donors (Lipinski definition) is 0. The number of methoxy groups -OCH3 is 1. The molecule has 0 aliphatic carbocycles. The molecule has 29 heavy (non-hydrogen) atoms. The van der Waals surface area contributed by atoms with Crippen molar-refractivity contribution in [2.45, 2.75) is 9.77 Å². The van der Waals surface area contributed by atoms with Crippen LogP contribution in [0, 0.1) is 0 Å². The molecule has 5 nitrogen and oxygen atoms in total. The standard InChI is InChI=1S/C23H17NO4S/c1-28-22(27)23(16-10-4-2-5-11-16,29-17-12-6-3-7-13-17)24-20(25)18-14-8-9-15-19(18)21(24)26/h2-15H,1H3/t23-/m1/s1. The molecular weight excluding hydrogens is 386 g/mol. The van der Waals surface area contributed by atoms with Crippen molar-refractivity contribution in [2.24, 2.45) is 0 Å². The van der Waals surface area contributed by atoms with Gasteiger partial charge in [-0.3, -0.25) is 9.59 Å². The largest absolute Gasteiger partial charge is 0.466 e. The number of carbonyl (C=O) groups is 3. The lowest BCUT2D eigenvalue weighted by Crippen LogP contribution is -2.53. The van der Waals surface area contributed by atoms with Crippen LogP contribution in [0.1, 0.15) is 26.3 Å². The summed E-state index contributed by atoms with van der Waals surface area (Å²) < 4.78 is 5.14. The lowest BCUT2D eigenvalue weighted by Gasteiger charge is -2.37. The van der Waals surface area contributed by atoms with E-state index in [0.29, 0.717) is 5.56 Å². The van der Waals surface area contributed by atoms with Crippen molar-refractivity contribution >= 4 is 29.5 Å². The zero-order chi connectivity index (χ0) is 20.4. The third-order valence-electron chi connectivity index (χ3n) is 4.74. The average Bonchev–Trinajstić information content (AvgIpc) is 3.04. The maximum atomic E-state index is 13.3. The second-order valence-electron chi connectivity index (χ2n) is 6.41. The number of imide groups is 1. The summed E-state index contributed by atoms with van der Waals surface area (Å²) in [6.07, 6.45) is 0. The first-order valence-electron chi connectivity index (χ1n) is 8.95. The van der Waals surface area contributed by atoms with Crippen LogP contribution in [-0.2, 0) is 14.4 Å². The van der Waals surface area contributed by atoms with E-state index in [-0.39, 0.29) is 11.1 Å². The Morgan fingerprint density at radius 2 is 1.28 bits per heavy atom. The second kappa shape index (κ2) is 7.56. The third kappa shape index (κ3) is 3.02. The Kier molecular flexibility index (Phi) is 4.94. The molecule has 0 radical (unpaired) electrons. The lowest BCUT2D eigenvalue weighted by atomic mass is 10.0. The molecule has 0 saturated carbocycles. The molecule has 0 N–H and O–H groups in total. The van der Waals surface area contributed by atoms with Crippen molar-refractivity contribution in [1.82, 2.24) is 4.90 Å². The van der Waals surface area contributed by atoms with E-state index in [1.54, 1.807) is 54.6 Å². The molecule has 0 spiro atoms. The van der Waals surface area contributed by atoms with Crippen LogP contribution in [0.25, 0.3) is 0 Å². The molecule has 3 aromatic carbocycles. The maximum absolute atomic E-state index is 13.3. The molecule has 1 atom stereocenters. The zero-order valence-corrected chi connectivity index (χ0v) is 16.4. The van der Waals surface area contributed by atoms with Gasteiger partial charge in [0.15, 0.2) is 0 Å². The van der Waals surface area contributed by atoms with Crippen LogP contribution in [0.15, 0.2) is 89.8 Å². The van der Waals surface area contributed by atoms with Gasteiger partial charge in [-0.15, -0.1) is 0 Å². The SMILES string of the molecule is COC(=O)[C@](Sc1ccccc1)(c1ccccc1)N1C(=O)c2ccccc2C1=O. The summed E-state index contributed by atoms with van der Waals surface area (Å²) in [7, 11) is 1.25. The number of thioether (sulfide) groups is 1. The quantitative estimate of drug-likeness (QED) is 0.365. The number of amides is 2. The fourth-order valence-corrected chi connectivity index (χ4v) is 4.73. The highest BCUT2D eigenvalue weighted by molar-refractivity contribution is 8.01. The number of fused-ring (bicyclic) bond motifs is 1. The van der Waals surface area contributed by atoms with Crippen molar-refractivity contribution < 1.29 is 19.1 Å². The molecule has 0 saturated heterocycles. The second-order valence-corrected chi connectivity index (χ2v) is 7.67. The molecule has 1 heterocycles. The average molecular weight is 403 g/mol. The predicted molar refractivity (Wildman–Crippen MR) is 109 cm³/mol. The Hall–Kier alpha value is -3.38. The minimum atomic E-state index is -1.70. The first-order valence-corrected chi connectivity index (χ1v) is 9.77. The van der Waals surface area contributed by atoms with Crippen molar-refractivity contribution in [3.8, 4) is 0 Å². The summed E-state index contributed by atoms with van der Waals surface area (Å²) in [5.74, 6) is -1.75. The van der Waals surface area contributed by atoms with Crippen LogP contribution in [0.5, 0.6) is 0 Å². The van der Waals surface area contributed by atoms with E-state index in [0.717, 1.165) is 21.6 Å². The molecule has 2 amide bonds. The normalized spacial score (nSPS) is 15.0. The molecule has 0 aromatic heterocycles. The van der Waals surface area contributed by atoms with Crippen LogP contribution in [0.4, 0.5) is 0 Å². The molecular formula is C23H17NO4S. The Balaban J connectivity index is 1.96. The topological polar surface area (TPSA) is 63.7 Å². The highest BCUT2D eigenvalue weighted by atomic mass is 32.2. The van der Waals surface area contributed by atoms with Crippen LogP contribution in [0.3, 0.4) is 0 Å². The minimum Gasteiger partial charge on any atom is -0.466 e. The number of rotatable bonds is 5. The number of nitrogens with zero attached hydrogens (tertiary/aromatic N) is 1. The van der Waals surface area contributed by atoms with Gasteiger partial charge in [-0.05, 0) is 24.3 Å². The van der Waals surface area contributed by atoms with E-state index in [4.69, 9.17) is 4.74 Å². The van der Waals surface area contributed by atoms with Crippen molar-refractivity contribution in [1.29, 1.82) is 0 Å². The van der Waals surface area contributed by atoms with E-state index < -0.39 is 22.7 Å². The van der Waals surface area contributed by atoms with Gasteiger partial charge in [-0.2, -0.15) is 0 Å². The van der Waals surface area contributed by atoms with E-state index in [9.17, 15) is 14.4 Å². The minimum absolute atomic E-state index is 0.273. The molecule has 1 aliphatic rings. The van der Waals surface area contributed by atoms with Crippen LogP contribution >= 0.6 is 11.8 Å². The number of benzene rings is 3. The van der Waals surface area contributed by atoms with E-state index in [1.807, 2.05) is 30.3 Å². The summed E-state index contributed by atoms with van der Waals surface area (Å²) in [4.78, 5) is 40.0. The summed E-state index contributed by atoms with van der Waals surface area (Å²) in [5, 5.41) is 0. The van der Waals surface area contributed by atoms with Gasteiger partial charge in [0.05, 0.1) is 18.2 Å². The number of carbonyl (C=O) groups excluding carboxylic acids is 3. The molecule has 0 bridgehead atoms. The fourth-order valence-electron chi connectivity index (χ4n) is 3.42.